The van der Waals surface area contributed by atoms with Crippen LogP contribution in [-0.2, 0) is 20.7 Å². The number of rotatable bonds is 13. The van der Waals surface area contributed by atoms with Crippen molar-refractivity contribution in [3.05, 3.63) is 83.4 Å². The van der Waals surface area contributed by atoms with Crippen molar-refractivity contribution in [2.45, 2.75) is 32.1 Å². The molecular formula is C34H37NO6S. The van der Waals surface area contributed by atoms with Gasteiger partial charge in [0.05, 0.1) is 20.8 Å². The van der Waals surface area contributed by atoms with Gasteiger partial charge in [-0.1, -0.05) is 30.3 Å². The Kier molecular flexibility index (Phi) is 10.1. The fourth-order valence-corrected chi connectivity index (χ4v) is 6.50. The second-order valence-electron chi connectivity index (χ2n) is 10.4. The molecule has 0 N–H and O–H groups in total. The van der Waals surface area contributed by atoms with E-state index in [1.807, 2.05) is 24.3 Å². The lowest BCUT2D eigenvalue weighted by Gasteiger charge is -2.15. The molecule has 0 aliphatic carbocycles. The van der Waals surface area contributed by atoms with Crippen LogP contribution in [-0.4, -0.2) is 63.9 Å². The fourth-order valence-electron chi connectivity index (χ4n) is 5.28. The lowest BCUT2D eigenvalue weighted by Crippen LogP contribution is -2.25. The summed E-state index contributed by atoms with van der Waals surface area (Å²) in [4.78, 5) is 27.7. The quantitative estimate of drug-likeness (QED) is 0.127. The summed E-state index contributed by atoms with van der Waals surface area (Å²) >= 11 is 1.71. The minimum absolute atomic E-state index is 0.249. The van der Waals surface area contributed by atoms with E-state index in [0.29, 0.717) is 24.3 Å². The number of carbonyl (C=O) groups is 2. The predicted molar refractivity (Wildman–Crippen MR) is 166 cm³/mol. The number of hydrogen-bond acceptors (Lipinski definition) is 8. The molecule has 7 nitrogen and oxygen atoms in total. The summed E-state index contributed by atoms with van der Waals surface area (Å²) in [6, 6.07) is 22.4. The van der Waals surface area contributed by atoms with E-state index in [1.54, 1.807) is 11.3 Å². The van der Waals surface area contributed by atoms with Gasteiger partial charge in [-0.05, 0) is 97.2 Å². The van der Waals surface area contributed by atoms with Crippen molar-refractivity contribution in [1.29, 1.82) is 0 Å². The van der Waals surface area contributed by atoms with Gasteiger partial charge in [-0.3, -0.25) is 9.69 Å². The highest BCUT2D eigenvalue weighted by molar-refractivity contribution is 7.22. The van der Waals surface area contributed by atoms with Crippen LogP contribution in [0.5, 0.6) is 11.5 Å². The van der Waals surface area contributed by atoms with E-state index < -0.39 is 5.97 Å². The summed E-state index contributed by atoms with van der Waals surface area (Å²) in [6.45, 7) is 4.30. The van der Waals surface area contributed by atoms with Gasteiger partial charge in [0, 0.05) is 22.5 Å². The Labute approximate surface area is 251 Å². The zero-order valence-electron chi connectivity index (χ0n) is 24.2. The number of nitrogens with zero attached hydrogens (tertiary/aromatic N) is 1. The number of likely N-dealkylation sites (tertiary alicyclic amines) is 1. The van der Waals surface area contributed by atoms with E-state index in [9.17, 15) is 9.59 Å². The van der Waals surface area contributed by atoms with Gasteiger partial charge < -0.3 is 18.9 Å². The zero-order chi connectivity index (χ0) is 29.3. The van der Waals surface area contributed by atoms with Gasteiger partial charge in [0.25, 0.3) is 0 Å². The van der Waals surface area contributed by atoms with Crippen molar-refractivity contribution in [2.75, 3.05) is 47.1 Å². The van der Waals surface area contributed by atoms with E-state index >= 15 is 0 Å². The number of ether oxygens (including phenoxy) is 4. The standard InChI is InChI=1S/C34H37NO6S/c1-38-32(36)10-7-20-41-30-16-13-25(23-29(30)34(37)39-2)33-28(27-8-3-4-9-31(27)42-33)22-24-11-14-26(15-12-24)40-21-19-35-17-5-6-18-35/h3-4,8-9,11-16,23H,5-7,10,17-22H2,1-2H3. The Bertz CT molecular complexity index is 1510. The molecule has 2 heterocycles. The van der Waals surface area contributed by atoms with Crippen LogP contribution in [0.3, 0.4) is 0 Å². The summed E-state index contributed by atoms with van der Waals surface area (Å²) < 4.78 is 22.8. The van der Waals surface area contributed by atoms with E-state index in [0.717, 1.165) is 29.2 Å². The smallest absolute Gasteiger partial charge is 0.341 e. The molecule has 0 saturated carbocycles. The lowest BCUT2D eigenvalue weighted by atomic mass is 9.98. The largest absolute Gasteiger partial charge is 0.493 e. The summed E-state index contributed by atoms with van der Waals surface area (Å²) in [7, 11) is 2.72. The van der Waals surface area contributed by atoms with Crippen molar-refractivity contribution in [2.24, 2.45) is 0 Å². The van der Waals surface area contributed by atoms with Crippen LogP contribution in [0.15, 0.2) is 66.7 Å². The summed E-state index contributed by atoms with van der Waals surface area (Å²) in [6.07, 6.45) is 4.05. The Morgan fingerprint density at radius 2 is 1.67 bits per heavy atom. The number of esters is 2. The molecule has 1 aromatic heterocycles. The van der Waals surface area contributed by atoms with Crippen LogP contribution in [0.25, 0.3) is 20.5 Å². The summed E-state index contributed by atoms with van der Waals surface area (Å²) in [5.74, 6) is 0.554. The first kappa shape index (κ1) is 29.6. The summed E-state index contributed by atoms with van der Waals surface area (Å²) in [5.41, 5.74) is 3.67. The molecule has 3 aromatic carbocycles. The molecule has 0 amide bonds. The highest BCUT2D eigenvalue weighted by Crippen LogP contribution is 2.41. The molecule has 0 atom stereocenters. The number of hydrogen-bond donors (Lipinski definition) is 0. The molecule has 1 saturated heterocycles. The number of benzene rings is 3. The second kappa shape index (κ2) is 14.3. The molecule has 8 heteroatoms. The molecule has 0 radical (unpaired) electrons. The SMILES string of the molecule is COC(=O)CCCOc1ccc(-c2sc3ccccc3c2Cc2ccc(OCCN3CCCC3)cc2)cc1C(=O)OC. The predicted octanol–water partition coefficient (Wildman–Crippen LogP) is 6.75. The molecule has 0 bridgehead atoms. The molecule has 42 heavy (non-hydrogen) atoms. The first-order valence-electron chi connectivity index (χ1n) is 14.4. The Morgan fingerprint density at radius 3 is 2.43 bits per heavy atom. The van der Waals surface area contributed by atoms with Crippen LogP contribution >= 0.6 is 11.3 Å². The normalized spacial score (nSPS) is 13.3. The van der Waals surface area contributed by atoms with Crippen LogP contribution in [0.4, 0.5) is 0 Å². The topological polar surface area (TPSA) is 74.3 Å². The third-order valence-electron chi connectivity index (χ3n) is 7.54. The van der Waals surface area contributed by atoms with Gasteiger partial charge >= 0.3 is 11.9 Å². The average Bonchev–Trinajstić information content (AvgIpc) is 3.68. The van der Waals surface area contributed by atoms with Crippen molar-refractivity contribution in [3.63, 3.8) is 0 Å². The Hall–Kier alpha value is -3.88. The first-order chi connectivity index (χ1) is 20.6. The number of methoxy groups -OCH3 is 2. The van der Waals surface area contributed by atoms with Gasteiger partial charge in [0.15, 0.2) is 0 Å². The fraction of sp³-hybridized carbons (Fsp3) is 0.353. The maximum absolute atomic E-state index is 12.7. The van der Waals surface area contributed by atoms with Crippen LogP contribution in [0, 0.1) is 0 Å². The average molecular weight is 588 g/mol. The zero-order valence-corrected chi connectivity index (χ0v) is 25.0. The van der Waals surface area contributed by atoms with Crippen molar-refractivity contribution in [3.8, 4) is 21.9 Å². The highest BCUT2D eigenvalue weighted by Gasteiger charge is 2.19. The van der Waals surface area contributed by atoms with Crippen molar-refractivity contribution in [1.82, 2.24) is 4.90 Å². The molecule has 0 unspecified atom stereocenters. The monoisotopic (exact) mass is 587 g/mol. The van der Waals surface area contributed by atoms with Gasteiger partial charge in [-0.25, -0.2) is 4.79 Å². The van der Waals surface area contributed by atoms with Gasteiger partial charge in [-0.2, -0.15) is 0 Å². The van der Waals surface area contributed by atoms with Crippen LogP contribution in [0.1, 0.15) is 47.2 Å². The number of carbonyl (C=O) groups excluding carboxylic acids is 2. The van der Waals surface area contributed by atoms with Crippen molar-refractivity contribution >= 4 is 33.4 Å². The summed E-state index contributed by atoms with van der Waals surface area (Å²) in [5, 5.41) is 1.20. The maximum atomic E-state index is 12.7. The molecule has 4 aromatic rings. The van der Waals surface area contributed by atoms with Gasteiger partial charge in [0.1, 0.15) is 23.7 Å². The second-order valence-corrected chi connectivity index (χ2v) is 11.4. The minimum atomic E-state index is -0.470. The molecule has 1 aliphatic rings. The number of fused-ring (bicyclic) bond motifs is 1. The van der Waals surface area contributed by atoms with E-state index in [1.165, 1.54) is 61.4 Å². The van der Waals surface area contributed by atoms with Gasteiger partial charge in [-0.15, -0.1) is 11.3 Å². The van der Waals surface area contributed by atoms with Crippen LogP contribution < -0.4 is 9.47 Å². The molecule has 1 aliphatic heterocycles. The van der Waals surface area contributed by atoms with Crippen molar-refractivity contribution < 1.29 is 28.5 Å². The Balaban J connectivity index is 1.36. The first-order valence-corrected chi connectivity index (χ1v) is 15.2. The van der Waals surface area contributed by atoms with E-state index in [2.05, 4.69) is 52.1 Å². The van der Waals surface area contributed by atoms with Gasteiger partial charge in [0.2, 0.25) is 0 Å². The maximum Gasteiger partial charge on any atom is 0.341 e. The third-order valence-corrected chi connectivity index (χ3v) is 8.80. The Morgan fingerprint density at radius 1 is 0.881 bits per heavy atom. The molecular weight excluding hydrogens is 550 g/mol. The minimum Gasteiger partial charge on any atom is -0.493 e. The van der Waals surface area contributed by atoms with E-state index in [4.69, 9.17) is 14.2 Å². The lowest BCUT2D eigenvalue weighted by molar-refractivity contribution is -0.140. The molecule has 220 valence electrons. The third kappa shape index (κ3) is 7.30. The van der Waals surface area contributed by atoms with Crippen LogP contribution in [0.2, 0.25) is 0 Å². The van der Waals surface area contributed by atoms with E-state index in [-0.39, 0.29) is 19.0 Å². The molecule has 5 rings (SSSR count). The molecule has 1 fully saturated rings. The number of thiophene rings is 1. The molecule has 0 spiro atoms. The highest BCUT2D eigenvalue weighted by atomic mass is 32.1.